The van der Waals surface area contributed by atoms with Gasteiger partial charge in [0.25, 0.3) is 0 Å². The Labute approximate surface area is 161 Å². The molecule has 3 rings (SSSR count). The summed E-state index contributed by atoms with van der Waals surface area (Å²) in [6.45, 7) is 5.31. The number of rotatable bonds is 7. The molecule has 2 amide bonds. The van der Waals surface area contributed by atoms with E-state index in [1.165, 1.54) is 16.9 Å². The van der Waals surface area contributed by atoms with Crippen LogP contribution in [0, 0.1) is 11.8 Å². The van der Waals surface area contributed by atoms with Gasteiger partial charge in [-0.05, 0) is 11.5 Å². The van der Waals surface area contributed by atoms with Crippen molar-refractivity contribution >= 4 is 40.0 Å². The summed E-state index contributed by atoms with van der Waals surface area (Å²) in [5.41, 5.74) is 1.22. The molecule has 0 aliphatic carbocycles. The van der Waals surface area contributed by atoms with Crippen molar-refractivity contribution < 1.29 is 9.59 Å². The van der Waals surface area contributed by atoms with E-state index in [0.717, 1.165) is 10.1 Å². The molecule has 6 nitrogen and oxygen atoms in total. The number of nitrogens with zero attached hydrogens (tertiary/aromatic N) is 3. The Kier molecular flexibility index (Phi) is 6.26. The fourth-order valence-electron chi connectivity index (χ4n) is 2.81. The van der Waals surface area contributed by atoms with E-state index in [9.17, 15) is 9.59 Å². The Morgan fingerprint density at radius 1 is 1.35 bits per heavy atom. The van der Waals surface area contributed by atoms with Gasteiger partial charge in [0.1, 0.15) is 0 Å². The van der Waals surface area contributed by atoms with Crippen LogP contribution in [0.25, 0.3) is 0 Å². The minimum absolute atomic E-state index is 0.0511. The predicted octanol–water partition coefficient (Wildman–Crippen LogP) is 3.27. The molecule has 1 saturated heterocycles. The predicted molar refractivity (Wildman–Crippen MR) is 104 cm³/mol. The zero-order valence-corrected chi connectivity index (χ0v) is 16.5. The van der Waals surface area contributed by atoms with Gasteiger partial charge in [0.2, 0.25) is 16.9 Å². The van der Waals surface area contributed by atoms with Crippen molar-refractivity contribution in [2.45, 2.75) is 30.4 Å². The Hall–Kier alpha value is -1.93. The monoisotopic (exact) mass is 390 g/mol. The molecule has 0 spiro atoms. The topological polar surface area (TPSA) is 75.2 Å². The molecule has 1 aromatic heterocycles. The van der Waals surface area contributed by atoms with Crippen LogP contribution < -0.4 is 5.32 Å². The lowest BCUT2D eigenvalue weighted by Gasteiger charge is -2.18. The number of benzene rings is 1. The molecule has 0 bridgehead atoms. The third-order valence-electron chi connectivity index (χ3n) is 4.01. The summed E-state index contributed by atoms with van der Waals surface area (Å²) in [5.74, 6) is 0.791. The van der Waals surface area contributed by atoms with Gasteiger partial charge in [-0.1, -0.05) is 67.3 Å². The summed E-state index contributed by atoms with van der Waals surface area (Å²) in [6.07, 6.45) is 0.271. The van der Waals surface area contributed by atoms with Crippen LogP contribution in [0.2, 0.25) is 0 Å². The molecular weight excluding hydrogens is 368 g/mol. The first-order valence-electron chi connectivity index (χ1n) is 8.60. The first kappa shape index (κ1) is 18.8. The van der Waals surface area contributed by atoms with Crippen LogP contribution in [0.5, 0.6) is 0 Å². The second-order valence-electron chi connectivity index (χ2n) is 6.73. The minimum atomic E-state index is -0.314. The summed E-state index contributed by atoms with van der Waals surface area (Å²) < 4.78 is 0.813. The van der Waals surface area contributed by atoms with Gasteiger partial charge in [0.05, 0.1) is 5.92 Å². The molecular formula is C18H22N4O2S2. The molecule has 1 fully saturated rings. The minimum Gasteiger partial charge on any atom is -0.342 e. The third-order valence-corrected chi connectivity index (χ3v) is 6.06. The largest absolute Gasteiger partial charge is 0.342 e. The van der Waals surface area contributed by atoms with E-state index in [4.69, 9.17) is 0 Å². The number of aromatic nitrogens is 2. The lowest BCUT2D eigenvalue weighted by Crippen LogP contribution is -2.31. The van der Waals surface area contributed by atoms with Crippen molar-refractivity contribution in [1.82, 2.24) is 15.1 Å². The van der Waals surface area contributed by atoms with Crippen LogP contribution in [-0.2, 0) is 15.3 Å². The standard InChI is InChI=1S/C18H22N4O2S2/c1-12(2)9-22-10-14(8-15(22)23)16(24)19-17-20-21-18(26-17)25-11-13-6-4-3-5-7-13/h3-7,12,14H,8-11H2,1-2H3,(H,19,20,24). The van der Waals surface area contributed by atoms with E-state index in [0.29, 0.717) is 24.1 Å². The van der Waals surface area contributed by atoms with Gasteiger partial charge in [-0.2, -0.15) is 0 Å². The van der Waals surface area contributed by atoms with E-state index < -0.39 is 0 Å². The quantitative estimate of drug-likeness (QED) is 0.580. The molecule has 0 saturated carbocycles. The summed E-state index contributed by atoms with van der Waals surface area (Å²) in [4.78, 5) is 26.2. The highest BCUT2D eigenvalue weighted by Gasteiger charge is 2.34. The van der Waals surface area contributed by atoms with Crippen molar-refractivity contribution in [2.75, 3.05) is 18.4 Å². The summed E-state index contributed by atoms with van der Waals surface area (Å²) in [7, 11) is 0. The first-order valence-corrected chi connectivity index (χ1v) is 10.4. The number of amides is 2. The summed E-state index contributed by atoms with van der Waals surface area (Å²) in [5, 5.41) is 11.5. The SMILES string of the molecule is CC(C)CN1CC(C(=O)Nc2nnc(SCc3ccccc3)s2)CC1=O. The molecule has 138 valence electrons. The molecule has 1 aromatic carbocycles. The van der Waals surface area contributed by atoms with E-state index in [2.05, 4.69) is 41.5 Å². The van der Waals surface area contributed by atoms with Crippen LogP contribution in [0.15, 0.2) is 34.7 Å². The Bertz CT molecular complexity index is 764. The third kappa shape index (κ3) is 5.04. The van der Waals surface area contributed by atoms with Gasteiger partial charge in [-0.25, -0.2) is 0 Å². The zero-order valence-electron chi connectivity index (χ0n) is 14.8. The van der Waals surface area contributed by atoms with Crippen LogP contribution in [0.4, 0.5) is 5.13 Å². The number of carbonyl (C=O) groups is 2. The van der Waals surface area contributed by atoms with Crippen LogP contribution in [-0.4, -0.2) is 40.0 Å². The Morgan fingerprint density at radius 2 is 2.12 bits per heavy atom. The number of likely N-dealkylation sites (tertiary alicyclic amines) is 1. The van der Waals surface area contributed by atoms with Crippen LogP contribution in [0.1, 0.15) is 25.8 Å². The number of anilines is 1. The summed E-state index contributed by atoms with van der Waals surface area (Å²) >= 11 is 2.95. The van der Waals surface area contributed by atoms with Gasteiger partial charge in [0.15, 0.2) is 4.34 Å². The van der Waals surface area contributed by atoms with Crippen molar-refractivity contribution in [3.8, 4) is 0 Å². The van der Waals surface area contributed by atoms with Crippen LogP contribution in [0.3, 0.4) is 0 Å². The Morgan fingerprint density at radius 3 is 2.85 bits per heavy atom. The summed E-state index contributed by atoms with van der Waals surface area (Å²) in [6, 6.07) is 10.1. The van der Waals surface area contributed by atoms with Gasteiger partial charge in [-0.3, -0.25) is 9.59 Å². The average Bonchev–Trinajstić information content (AvgIpc) is 3.20. The van der Waals surface area contributed by atoms with Gasteiger partial charge >= 0.3 is 0 Å². The van der Waals surface area contributed by atoms with Crippen molar-refractivity contribution in [1.29, 1.82) is 0 Å². The van der Waals surface area contributed by atoms with Crippen molar-refractivity contribution in [2.24, 2.45) is 11.8 Å². The number of carbonyl (C=O) groups excluding carboxylic acids is 2. The number of thioether (sulfide) groups is 1. The van der Waals surface area contributed by atoms with Gasteiger partial charge in [0, 0.05) is 25.3 Å². The van der Waals surface area contributed by atoms with E-state index in [-0.39, 0.29) is 24.2 Å². The maximum Gasteiger partial charge on any atom is 0.231 e. The smallest absolute Gasteiger partial charge is 0.231 e. The highest BCUT2D eigenvalue weighted by atomic mass is 32.2. The second-order valence-corrected chi connectivity index (χ2v) is 8.93. The molecule has 0 radical (unpaired) electrons. The molecule has 26 heavy (non-hydrogen) atoms. The van der Waals surface area contributed by atoms with E-state index >= 15 is 0 Å². The van der Waals surface area contributed by atoms with E-state index in [1.807, 2.05) is 18.2 Å². The molecule has 1 N–H and O–H groups in total. The molecule has 8 heteroatoms. The molecule has 1 aliphatic rings. The lowest BCUT2D eigenvalue weighted by molar-refractivity contribution is -0.128. The van der Waals surface area contributed by atoms with E-state index in [1.54, 1.807) is 16.7 Å². The highest BCUT2D eigenvalue weighted by molar-refractivity contribution is 8.00. The highest BCUT2D eigenvalue weighted by Crippen LogP contribution is 2.29. The fourth-order valence-corrected chi connectivity index (χ4v) is 4.52. The number of hydrogen-bond donors (Lipinski definition) is 1. The lowest BCUT2D eigenvalue weighted by atomic mass is 10.1. The maximum atomic E-state index is 12.4. The molecule has 1 atom stereocenters. The molecule has 2 heterocycles. The maximum absolute atomic E-state index is 12.4. The normalized spacial score (nSPS) is 17.1. The van der Waals surface area contributed by atoms with Crippen molar-refractivity contribution in [3.05, 3.63) is 35.9 Å². The second kappa shape index (κ2) is 8.64. The number of hydrogen-bond acceptors (Lipinski definition) is 6. The molecule has 2 aromatic rings. The average molecular weight is 391 g/mol. The zero-order chi connectivity index (χ0) is 18.5. The van der Waals surface area contributed by atoms with Crippen LogP contribution >= 0.6 is 23.1 Å². The van der Waals surface area contributed by atoms with Gasteiger partial charge in [-0.15, -0.1) is 10.2 Å². The van der Waals surface area contributed by atoms with Crippen molar-refractivity contribution in [3.63, 3.8) is 0 Å². The first-order chi connectivity index (χ1) is 12.5. The number of nitrogens with one attached hydrogen (secondary N) is 1. The Balaban J connectivity index is 1.51. The molecule has 1 unspecified atom stereocenters. The van der Waals surface area contributed by atoms with Gasteiger partial charge < -0.3 is 10.2 Å². The molecule has 1 aliphatic heterocycles. The fraction of sp³-hybridized carbons (Fsp3) is 0.444.